The minimum absolute atomic E-state index is 0.145. The van der Waals surface area contributed by atoms with Crippen LogP contribution in [-0.4, -0.2) is 33.5 Å². The van der Waals surface area contributed by atoms with Crippen molar-refractivity contribution in [1.82, 2.24) is 19.9 Å². The Morgan fingerprint density at radius 3 is 2.88 bits per heavy atom. The molecule has 0 unspecified atom stereocenters. The fraction of sp³-hybridized carbons (Fsp3) is 0.176. The fourth-order valence-electron chi connectivity index (χ4n) is 2.18. The lowest BCUT2D eigenvalue weighted by atomic mass is 10.2. The summed E-state index contributed by atoms with van der Waals surface area (Å²) in [4.78, 5) is 29.5. The molecule has 0 radical (unpaired) electrons. The fourth-order valence-corrected chi connectivity index (χ4v) is 2.91. The zero-order valence-corrected chi connectivity index (χ0v) is 14.1. The molecule has 0 spiro atoms. The second kappa shape index (κ2) is 7.18. The SMILES string of the molecule is C=c1[nH]c(=O)/c(=C/c2ccnc(N(C)CCc3ccccn3)n2)s1. The van der Waals surface area contributed by atoms with Crippen LogP contribution < -0.4 is 19.7 Å². The number of hydrogen-bond acceptors (Lipinski definition) is 6. The van der Waals surface area contributed by atoms with Gasteiger partial charge in [0.1, 0.15) is 0 Å². The number of aromatic amines is 1. The summed E-state index contributed by atoms with van der Waals surface area (Å²) in [5.74, 6) is 0.613. The van der Waals surface area contributed by atoms with Crippen LogP contribution in [0.2, 0.25) is 0 Å². The van der Waals surface area contributed by atoms with Crippen molar-refractivity contribution in [1.29, 1.82) is 0 Å². The van der Waals surface area contributed by atoms with E-state index in [0.717, 1.165) is 18.7 Å². The third-order valence-electron chi connectivity index (χ3n) is 3.42. The van der Waals surface area contributed by atoms with Crippen molar-refractivity contribution < 1.29 is 0 Å². The van der Waals surface area contributed by atoms with Crippen molar-refractivity contribution >= 4 is 29.9 Å². The largest absolute Gasteiger partial charge is 0.343 e. The number of hydrogen-bond donors (Lipinski definition) is 1. The Hall–Kier alpha value is -2.80. The maximum absolute atomic E-state index is 11.7. The molecule has 3 aromatic rings. The number of nitrogens with zero attached hydrogens (tertiary/aromatic N) is 4. The first-order valence-corrected chi connectivity index (χ1v) is 8.27. The van der Waals surface area contributed by atoms with Gasteiger partial charge in [-0.3, -0.25) is 9.78 Å². The third-order valence-corrected chi connectivity index (χ3v) is 4.30. The summed E-state index contributed by atoms with van der Waals surface area (Å²) in [7, 11) is 1.94. The van der Waals surface area contributed by atoms with Gasteiger partial charge in [-0.2, -0.15) is 0 Å². The van der Waals surface area contributed by atoms with Gasteiger partial charge in [-0.1, -0.05) is 12.6 Å². The molecule has 3 rings (SSSR count). The van der Waals surface area contributed by atoms with Crippen molar-refractivity contribution in [3.05, 3.63) is 67.6 Å². The summed E-state index contributed by atoms with van der Waals surface area (Å²) >= 11 is 1.31. The summed E-state index contributed by atoms with van der Waals surface area (Å²) in [5, 5.41) is 0. The molecule has 3 aromatic heterocycles. The normalized spacial score (nSPS) is 11.6. The zero-order chi connectivity index (χ0) is 16.9. The molecule has 0 aliphatic heterocycles. The van der Waals surface area contributed by atoms with Gasteiger partial charge in [0.15, 0.2) is 0 Å². The van der Waals surface area contributed by atoms with Gasteiger partial charge in [0.05, 0.1) is 14.9 Å². The average molecular weight is 339 g/mol. The minimum Gasteiger partial charge on any atom is -0.343 e. The Balaban J connectivity index is 1.77. The number of rotatable bonds is 5. The number of thiazole rings is 1. The topological polar surface area (TPSA) is 74.8 Å². The number of nitrogens with one attached hydrogen (secondary N) is 1. The molecule has 0 amide bonds. The Kier molecular flexibility index (Phi) is 4.81. The third kappa shape index (κ3) is 3.94. The maximum Gasteiger partial charge on any atom is 0.266 e. The van der Waals surface area contributed by atoms with Gasteiger partial charge in [0.25, 0.3) is 5.56 Å². The van der Waals surface area contributed by atoms with Crippen molar-refractivity contribution in [2.75, 3.05) is 18.5 Å². The highest BCUT2D eigenvalue weighted by Gasteiger charge is 2.06. The molecule has 0 saturated heterocycles. The molecule has 1 N–H and O–H groups in total. The molecular formula is C17H17N5OS. The summed E-state index contributed by atoms with van der Waals surface area (Å²) in [6.07, 6.45) is 6.04. The van der Waals surface area contributed by atoms with Crippen LogP contribution >= 0.6 is 11.3 Å². The van der Waals surface area contributed by atoms with Crippen molar-refractivity contribution in [2.45, 2.75) is 6.42 Å². The second-order valence-electron chi connectivity index (χ2n) is 5.26. The van der Waals surface area contributed by atoms with Gasteiger partial charge in [-0.15, -0.1) is 11.3 Å². The molecule has 24 heavy (non-hydrogen) atoms. The quantitative estimate of drug-likeness (QED) is 0.734. The van der Waals surface area contributed by atoms with E-state index in [0.29, 0.717) is 20.8 Å². The Labute approximate surface area is 142 Å². The molecule has 0 aliphatic rings. The Bertz CT molecular complexity index is 980. The Morgan fingerprint density at radius 2 is 2.17 bits per heavy atom. The first-order chi connectivity index (χ1) is 11.6. The Morgan fingerprint density at radius 1 is 1.29 bits per heavy atom. The first kappa shape index (κ1) is 16.1. The molecule has 122 valence electrons. The molecule has 0 fully saturated rings. The number of likely N-dealkylation sites (N-methyl/N-ethyl adjacent to an activating group) is 1. The van der Waals surface area contributed by atoms with Gasteiger partial charge in [-0.05, 0) is 24.3 Å². The molecule has 0 saturated carbocycles. The molecule has 6 nitrogen and oxygen atoms in total. The van der Waals surface area contributed by atoms with Gasteiger partial charge < -0.3 is 9.88 Å². The van der Waals surface area contributed by atoms with Gasteiger partial charge in [0.2, 0.25) is 5.95 Å². The van der Waals surface area contributed by atoms with Crippen LogP contribution in [0, 0.1) is 0 Å². The van der Waals surface area contributed by atoms with Crippen LogP contribution in [0.3, 0.4) is 0 Å². The molecule has 7 heteroatoms. The van der Waals surface area contributed by atoms with Crippen molar-refractivity contribution in [3.8, 4) is 0 Å². The lowest BCUT2D eigenvalue weighted by Gasteiger charge is -2.16. The molecular weight excluding hydrogens is 322 g/mol. The van der Waals surface area contributed by atoms with Gasteiger partial charge in [-0.25, -0.2) is 9.97 Å². The molecule has 0 atom stereocenters. The summed E-state index contributed by atoms with van der Waals surface area (Å²) < 4.78 is 1.22. The predicted octanol–water partition coefficient (Wildman–Crippen LogP) is 0.539. The molecule has 3 heterocycles. The predicted molar refractivity (Wildman–Crippen MR) is 96.5 cm³/mol. The van der Waals surface area contributed by atoms with Crippen LogP contribution in [0.4, 0.5) is 5.95 Å². The standard InChI is InChI=1S/C17H17N5OS/c1-12-20-16(23)15(24-12)11-14-6-9-19-17(21-14)22(2)10-7-13-5-3-4-8-18-13/h3-6,8-9,11H,1,7,10H2,2H3,(H,20,23)/b15-11-. The van der Waals surface area contributed by atoms with Crippen molar-refractivity contribution in [2.24, 2.45) is 0 Å². The van der Waals surface area contributed by atoms with Gasteiger partial charge in [0, 0.05) is 38.1 Å². The lowest BCUT2D eigenvalue weighted by Crippen LogP contribution is -2.23. The number of H-pyrrole nitrogens is 1. The minimum atomic E-state index is -0.145. The summed E-state index contributed by atoms with van der Waals surface area (Å²) in [6, 6.07) is 7.65. The van der Waals surface area contributed by atoms with Crippen LogP contribution in [0.1, 0.15) is 11.4 Å². The highest BCUT2D eigenvalue weighted by atomic mass is 32.1. The first-order valence-electron chi connectivity index (χ1n) is 7.46. The van der Waals surface area contributed by atoms with E-state index in [2.05, 4.69) is 26.5 Å². The smallest absolute Gasteiger partial charge is 0.266 e. The monoisotopic (exact) mass is 339 g/mol. The summed E-state index contributed by atoms with van der Waals surface area (Å²) in [5.41, 5.74) is 1.57. The number of anilines is 1. The van der Waals surface area contributed by atoms with Crippen LogP contribution in [0.5, 0.6) is 0 Å². The number of aromatic nitrogens is 4. The van der Waals surface area contributed by atoms with Crippen LogP contribution in [0.25, 0.3) is 12.7 Å². The molecule has 0 bridgehead atoms. The maximum atomic E-state index is 11.7. The van der Waals surface area contributed by atoms with E-state index in [1.807, 2.05) is 30.1 Å². The molecule has 0 aromatic carbocycles. The van der Waals surface area contributed by atoms with E-state index in [4.69, 9.17) is 0 Å². The van der Waals surface area contributed by atoms with Gasteiger partial charge >= 0.3 is 0 Å². The number of pyridine rings is 1. The average Bonchev–Trinajstić information content (AvgIpc) is 2.91. The lowest BCUT2D eigenvalue weighted by molar-refractivity contribution is 0.820. The summed E-state index contributed by atoms with van der Waals surface area (Å²) in [6.45, 7) is 4.49. The van der Waals surface area contributed by atoms with E-state index in [1.54, 1.807) is 24.5 Å². The van der Waals surface area contributed by atoms with E-state index < -0.39 is 0 Å². The second-order valence-corrected chi connectivity index (χ2v) is 6.40. The highest BCUT2D eigenvalue weighted by Crippen LogP contribution is 2.07. The van der Waals surface area contributed by atoms with Crippen molar-refractivity contribution in [3.63, 3.8) is 0 Å². The van der Waals surface area contributed by atoms with Crippen LogP contribution in [-0.2, 0) is 6.42 Å². The zero-order valence-electron chi connectivity index (χ0n) is 13.3. The van der Waals surface area contributed by atoms with E-state index in [1.165, 1.54) is 11.3 Å². The van der Waals surface area contributed by atoms with E-state index >= 15 is 0 Å². The van der Waals surface area contributed by atoms with E-state index in [9.17, 15) is 4.79 Å². The molecule has 0 aliphatic carbocycles. The van der Waals surface area contributed by atoms with Crippen LogP contribution in [0.15, 0.2) is 41.5 Å². The highest BCUT2D eigenvalue weighted by molar-refractivity contribution is 7.07. The van der Waals surface area contributed by atoms with E-state index in [-0.39, 0.29) is 5.56 Å².